The monoisotopic (exact) mass is 997 g/mol. The second-order valence-electron chi connectivity index (χ2n) is 20.5. The molecule has 78 heavy (non-hydrogen) atoms. The van der Waals surface area contributed by atoms with Gasteiger partial charge in [-0.15, -0.1) is 0 Å². The van der Waals surface area contributed by atoms with Gasteiger partial charge in [0, 0.05) is 66.9 Å². The van der Waals surface area contributed by atoms with Crippen LogP contribution < -0.4 is 10.1 Å². The van der Waals surface area contributed by atoms with E-state index in [1.54, 1.807) is 0 Å². The van der Waals surface area contributed by atoms with Crippen molar-refractivity contribution in [1.82, 2.24) is 9.88 Å². The predicted octanol–water partition coefficient (Wildman–Crippen LogP) is 18.0. The number of rotatable bonds is 9. The molecule has 4 heteroatoms. The highest BCUT2D eigenvalue weighted by molar-refractivity contribution is 6.27. The summed E-state index contributed by atoms with van der Waals surface area (Å²) in [7, 11) is 0. The van der Waals surface area contributed by atoms with Gasteiger partial charge in [-0.05, 0) is 74.8 Å². The van der Waals surface area contributed by atoms with Crippen LogP contribution in [-0.4, -0.2) is 22.5 Å². The zero-order chi connectivity index (χ0) is 51.5. The Morgan fingerprint density at radius 1 is 0.423 bits per heavy atom. The molecule has 4 aliphatic rings. The molecule has 0 bridgehead atoms. The number of hydrogen-bond acceptors (Lipinski definition) is 3. The highest BCUT2D eigenvalue weighted by Gasteiger charge is 2.35. The van der Waals surface area contributed by atoms with E-state index >= 15 is 0 Å². The Balaban J connectivity index is 1.01. The molecule has 3 heterocycles. The molecule has 0 saturated carbocycles. The summed E-state index contributed by atoms with van der Waals surface area (Å²) in [5.74, 6) is 2.01. The maximum Gasteiger partial charge on any atom is 0.134 e. The first-order valence-corrected chi connectivity index (χ1v) is 27.0. The van der Waals surface area contributed by atoms with E-state index in [-0.39, 0.29) is 18.1 Å². The van der Waals surface area contributed by atoms with Crippen molar-refractivity contribution >= 4 is 33.3 Å². The third-order valence-corrected chi connectivity index (χ3v) is 16.0. The molecule has 3 unspecified atom stereocenters. The smallest absolute Gasteiger partial charge is 0.134 e. The summed E-state index contributed by atoms with van der Waals surface area (Å²) >= 11 is 0. The third-order valence-electron chi connectivity index (χ3n) is 16.0. The molecule has 0 saturated heterocycles. The second kappa shape index (κ2) is 19.0. The Morgan fingerprint density at radius 2 is 0.987 bits per heavy atom. The van der Waals surface area contributed by atoms with Gasteiger partial charge >= 0.3 is 0 Å². The third kappa shape index (κ3) is 7.64. The Hall–Kier alpha value is -10.0. The minimum Gasteiger partial charge on any atom is -0.484 e. The van der Waals surface area contributed by atoms with Crippen molar-refractivity contribution < 1.29 is 4.74 Å². The molecular weight excluding hydrogens is 947 g/mol. The number of nitrogens with one attached hydrogen (secondary N) is 1. The summed E-state index contributed by atoms with van der Waals surface area (Å²) in [4.78, 5) is 5.29. The molecule has 0 fully saturated rings. The van der Waals surface area contributed by atoms with Crippen LogP contribution in [-0.2, 0) is 0 Å². The molecule has 10 aromatic carbocycles. The summed E-state index contributed by atoms with van der Waals surface area (Å²) < 4.78 is 9.35. The van der Waals surface area contributed by atoms with E-state index in [0.717, 1.165) is 95.0 Å². The number of ether oxygens (including phenoxy) is 1. The van der Waals surface area contributed by atoms with Crippen molar-refractivity contribution in [3.8, 4) is 78.2 Å². The normalized spacial score (nSPS) is 16.9. The molecule has 0 spiro atoms. The van der Waals surface area contributed by atoms with Gasteiger partial charge in [-0.1, -0.05) is 255 Å². The van der Waals surface area contributed by atoms with E-state index in [1.165, 1.54) is 38.8 Å². The maximum absolute atomic E-state index is 6.81. The molecule has 2 aliphatic carbocycles. The molecule has 1 aromatic heterocycles. The largest absolute Gasteiger partial charge is 0.484 e. The first-order valence-electron chi connectivity index (χ1n) is 27.0. The predicted molar refractivity (Wildman–Crippen MR) is 324 cm³/mol. The molecule has 3 atom stereocenters. The van der Waals surface area contributed by atoms with Crippen LogP contribution in [0.25, 0.3) is 100.0 Å². The summed E-state index contributed by atoms with van der Waals surface area (Å²) in [5, 5.41) is 6.10. The molecule has 0 amide bonds. The minimum absolute atomic E-state index is 0.0145. The highest BCUT2D eigenvalue weighted by atomic mass is 16.5. The summed E-state index contributed by atoms with van der Waals surface area (Å²) in [6.07, 6.45) is 17.3. The molecule has 1 N–H and O–H groups in total. The molecular formula is C74H51N3O. The lowest BCUT2D eigenvalue weighted by Gasteiger charge is -2.28. The van der Waals surface area contributed by atoms with Crippen LogP contribution in [0, 0.1) is 0 Å². The average Bonchev–Trinajstić information content (AvgIpc) is 3.94. The first kappa shape index (κ1) is 45.4. The van der Waals surface area contributed by atoms with Crippen LogP contribution in [0.4, 0.5) is 0 Å². The van der Waals surface area contributed by atoms with Crippen molar-refractivity contribution in [2.75, 3.05) is 0 Å². The van der Waals surface area contributed by atoms with Crippen molar-refractivity contribution in [3.05, 3.63) is 307 Å². The molecule has 368 valence electrons. The van der Waals surface area contributed by atoms with Gasteiger partial charge in [0.05, 0.1) is 22.8 Å². The molecule has 11 aromatic rings. The lowest BCUT2D eigenvalue weighted by Crippen LogP contribution is -2.39. The van der Waals surface area contributed by atoms with E-state index in [9.17, 15) is 0 Å². The zero-order valence-corrected chi connectivity index (χ0v) is 42.7. The summed E-state index contributed by atoms with van der Waals surface area (Å²) in [6.45, 7) is 0. The Labute approximate surface area is 454 Å². The SMILES string of the molecule is C1=CC2=C(c3ccccc3)N=C(c3ccc(-c4ccc5c(c4)c4c(-c6ccccc6)c(-c6ccccc6)c(-c6ccccc6)c(-c6ccccc6)c4n5-c4cccc(-c5cccc6c5OC5C=CC=CC65)c4)cc3)NC2C=C1. The van der Waals surface area contributed by atoms with Gasteiger partial charge in [-0.2, -0.15) is 0 Å². The van der Waals surface area contributed by atoms with Crippen molar-refractivity contribution in [1.29, 1.82) is 0 Å². The van der Waals surface area contributed by atoms with Gasteiger partial charge in [-0.3, -0.25) is 0 Å². The number of nitrogens with zero attached hydrogens (tertiary/aromatic N) is 2. The van der Waals surface area contributed by atoms with Gasteiger partial charge in [0.2, 0.25) is 0 Å². The fourth-order valence-corrected chi connectivity index (χ4v) is 12.4. The quantitative estimate of drug-likeness (QED) is 0.156. The number of fused-ring (bicyclic) bond motifs is 7. The Bertz CT molecular complexity index is 4340. The van der Waals surface area contributed by atoms with Crippen LogP contribution in [0.2, 0.25) is 0 Å². The van der Waals surface area contributed by atoms with Gasteiger partial charge < -0.3 is 14.6 Å². The number of para-hydroxylation sites is 1. The van der Waals surface area contributed by atoms with Crippen LogP contribution in [0.1, 0.15) is 22.6 Å². The number of amidine groups is 1. The minimum atomic E-state index is -0.0145. The summed E-state index contributed by atoms with van der Waals surface area (Å²) in [5.41, 5.74) is 22.6. The Kier molecular flexibility index (Phi) is 11.0. The molecule has 15 rings (SSSR count). The molecule has 2 aliphatic heterocycles. The number of allylic oxidation sites excluding steroid dienone is 4. The number of hydrogen-bond donors (Lipinski definition) is 1. The van der Waals surface area contributed by atoms with Crippen LogP contribution in [0.15, 0.2) is 296 Å². The van der Waals surface area contributed by atoms with E-state index in [0.29, 0.717) is 0 Å². The molecule has 0 radical (unpaired) electrons. The number of benzene rings is 10. The van der Waals surface area contributed by atoms with E-state index in [4.69, 9.17) is 9.73 Å². The lowest BCUT2D eigenvalue weighted by molar-refractivity contribution is 0.270. The van der Waals surface area contributed by atoms with Crippen LogP contribution >= 0.6 is 0 Å². The molecule has 4 nitrogen and oxygen atoms in total. The topological polar surface area (TPSA) is 38.5 Å². The Morgan fingerprint density at radius 3 is 1.68 bits per heavy atom. The van der Waals surface area contributed by atoms with Crippen molar-refractivity contribution in [2.24, 2.45) is 4.99 Å². The first-order chi connectivity index (χ1) is 38.7. The van der Waals surface area contributed by atoms with Crippen molar-refractivity contribution in [3.63, 3.8) is 0 Å². The zero-order valence-electron chi connectivity index (χ0n) is 42.7. The lowest BCUT2D eigenvalue weighted by atomic mass is 9.80. The maximum atomic E-state index is 6.81. The number of aromatic nitrogens is 1. The van der Waals surface area contributed by atoms with Gasteiger partial charge in [0.1, 0.15) is 17.7 Å². The van der Waals surface area contributed by atoms with Gasteiger partial charge in [-0.25, -0.2) is 4.99 Å². The van der Waals surface area contributed by atoms with E-state index in [1.807, 2.05) is 0 Å². The van der Waals surface area contributed by atoms with Crippen LogP contribution in [0.3, 0.4) is 0 Å². The van der Waals surface area contributed by atoms with Crippen LogP contribution in [0.5, 0.6) is 5.75 Å². The fraction of sp³-hybridized carbons (Fsp3) is 0.0405. The standard InChI is InChI=1S/C74H51N3O/c1-6-22-49(23-7-1)66-67(50-24-8-2-9-25-50)69(52-28-12-4-13-29-52)72-70(68(66)51-26-10-3-11-27-51)62-47-55(48-40-42-54(43-41-48)74-75-63-38-18-16-35-61(63)71(76-74)53-30-14-5-15-31-53)44-45-64(62)77(72)57-33-20-32-56(46-57)58-36-21-37-60-59-34-17-19-39-65(59)78-73(58)60/h1-47,59,63,65H,(H,75,76). The van der Waals surface area contributed by atoms with E-state index in [2.05, 4.69) is 295 Å². The van der Waals surface area contributed by atoms with Gasteiger partial charge in [0.25, 0.3) is 0 Å². The van der Waals surface area contributed by atoms with Crippen molar-refractivity contribution in [2.45, 2.75) is 18.1 Å². The fourth-order valence-electron chi connectivity index (χ4n) is 12.4. The number of aliphatic imine (C=N–C) groups is 1. The second-order valence-corrected chi connectivity index (χ2v) is 20.5. The highest BCUT2D eigenvalue weighted by Crippen LogP contribution is 2.55. The average molecular weight is 998 g/mol. The van der Waals surface area contributed by atoms with E-state index < -0.39 is 0 Å². The van der Waals surface area contributed by atoms with Gasteiger partial charge in [0.15, 0.2) is 0 Å². The summed E-state index contributed by atoms with van der Waals surface area (Å²) in [6, 6.07) is 86.3.